The van der Waals surface area contributed by atoms with Gasteiger partial charge in [0.25, 0.3) is 0 Å². The Hall–Kier alpha value is -1.48. The molecule has 0 aromatic rings. The molecule has 0 fully saturated rings. The topological polar surface area (TPSA) is 63.6 Å². The van der Waals surface area contributed by atoms with Gasteiger partial charge in [0.2, 0.25) is 0 Å². The third-order valence-electron chi connectivity index (χ3n) is 2.21. The highest BCUT2D eigenvalue weighted by Gasteiger charge is 2.40. The third-order valence-corrected chi connectivity index (χ3v) is 2.21. The molecule has 1 N–H and O–H groups in total. The van der Waals surface area contributed by atoms with Gasteiger partial charge in [-0.2, -0.15) is 26.3 Å². The van der Waals surface area contributed by atoms with Crippen molar-refractivity contribution in [2.24, 2.45) is 0 Å². The molecule has 0 aromatic carbocycles. The van der Waals surface area contributed by atoms with E-state index < -0.39 is 24.3 Å². The Morgan fingerprint density at radius 3 is 1.64 bits per heavy atom. The Morgan fingerprint density at radius 2 is 1.27 bits per heavy atom. The molecule has 0 aromatic heterocycles. The van der Waals surface area contributed by atoms with Crippen LogP contribution in [0.15, 0.2) is 0 Å². The number of halogens is 6. The zero-order chi connectivity index (χ0) is 17.8. The number of carboxylic acid groups (broad SMARTS) is 1. The minimum absolute atomic E-state index is 0.134. The van der Waals surface area contributed by atoms with E-state index in [1.165, 1.54) is 0 Å². The molecule has 0 bridgehead atoms. The number of unbranched alkanes of at least 4 members (excludes halogenated alkanes) is 5. The summed E-state index contributed by atoms with van der Waals surface area (Å²) in [5.74, 6) is -4.84. The van der Waals surface area contributed by atoms with Crippen molar-refractivity contribution in [2.45, 2.75) is 57.8 Å². The van der Waals surface area contributed by atoms with Crippen LogP contribution in [0.3, 0.4) is 0 Å². The normalized spacial score (nSPS) is 11.4. The van der Waals surface area contributed by atoms with E-state index in [0.717, 1.165) is 32.1 Å². The number of carboxylic acids is 1. The van der Waals surface area contributed by atoms with Crippen LogP contribution in [0.2, 0.25) is 0 Å². The van der Waals surface area contributed by atoms with Crippen LogP contribution in [0.5, 0.6) is 0 Å². The molecule has 0 saturated heterocycles. The van der Waals surface area contributed by atoms with E-state index in [0.29, 0.717) is 6.42 Å². The van der Waals surface area contributed by atoms with Gasteiger partial charge in [-0.3, -0.25) is 0 Å². The van der Waals surface area contributed by atoms with Crippen LogP contribution >= 0.6 is 0 Å². The number of carbonyl (C=O) groups excluding carboxylic acids is 1. The Kier molecular flexibility index (Phi) is 11.5. The number of hydrogen-bond donors (Lipinski definition) is 1. The molecule has 0 amide bonds. The predicted molar refractivity (Wildman–Crippen MR) is 64.1 cm³/mol. The van der Waals surface area contributed by atoms with Gasteiger partial charge in [-0.15, -0.1) is 0 Å². The van der Waals surface area contributed by atoms with Gasteiger partial charge in [0.05, 0.1) is 6.61 Å². The van der Waals surface area contributed by atoms with Gasteiger partial charge in [-0.05, 0) is 6.42 Å². The van der Waals surface area contributed by atoms with Crippen LogP contribution in [-0.2, 0) is 14.3 Å². The van der Waals surface area contributed by atoms with Crippen molar-refractivity contribution in [3.05, 3.63) is 0 Å². The fraction of sp³-hybridized carbons (Fsp3) is 0.833. The van der Waals surface area contributed by atoms with Crippen molar-refractivity contribution in [1.82, 2.24) is 0 Å². The second-order valence-corrected chi connectivity index (χ2v) is 4.20. The summed E-state index contributed by atoms with van der Waals surface area (Å²) in [4.78, 5) is 19.1. The molecule has 0 spiro atoms. The first kappa shape index (κ1) is 22.8. The number of alkyl halides is 6. The maximum Gasteiger partial charge on any atom is 0.490 e. The Bertz CT molecular complexity index is 325. The molecule has 0 heterocycles. The summed E-state index contributed by atoms with van der Waals surface area (Å²) in [5, 5.41) is 7.12. The summed E-state index contributed by atoms with van der Waals surface area (Å²) >= 11 is 0. The second-order valence-electron chi connectivity index (χ2n) is 4.20. The maximum atomic E-state index is 11.7. The zero-order valence-electron chi connectivity index (χ0n) is 11.9. The van der Waals surface area contributed by atoms with Gasteiger partial charge >= 0.3 is 24.3 Å². The van der Waals surface area contributed by atoms with Crippen molar-refractivity contribution in [3.8, 4) is 0 Å². The van der Waals surface area contributed by atoms with Crippen molar-refractivity contribution < 1.29 is 45.8 Å². The lowest BCUT2D eigenvalue weighted by Gasteiger charge is -2.06. The quantitative estimate of drug-likeness (QED) is 0.431. The summed E-state index contributed by atoms with van der Waals surface area (Å²) in [7, 11) is 0. The lowest BCUT2D eigenvalue weighted by Crippen LogP contribution is -2.25. The molecule has 0 aliphatic rings. The molecule has 0 aliphatic heterocycles. The molecule has 0 radical (unpaired) electrons. The van der Waals surface area contributed by atoms with Crippen LogP contribution in [0, 0.1) is 0 Å². The van der Waals surface area contributed by atoms with Crippen LogP contribution in [0.4, 0.5) is 26.3 Å². The number of ether oxygens (including phenoxy) is 1. The fourth-order valence-electron chi connectivity index (χ4n) is 1.13. The van der Waals surface area contributed by atoms with Gasteiger partial charge in [-0.25, -0.2) is 9.59 Å². The second kappa shape index (κ2) is 11.1. The number of aliphatic carboxylic acids is 1. The van der Waals surface area contributed by atoms with Gasteiger partial charge in [0, 0.05) is 0 Å². The van der Waals surface area contributed by atoms with Gasteiger partial charge in [0.15, 0.2) is 0 Å². The van der Waals surface area contributed by atoms with E-state index in [1.807, 2.05) is 0 Å². The molecule has 132 valence electrons. The average Bonchev–Trinajstić information content (AvgIpc) is 2.36. The standard InChI is InChI=1S/C10H17F3O2.C2HF3O2/c1-2-3-4-5-6-7-8-15-9(14)10(11,12)13;3-2(4,5)1(6)7/h2-8H2,1H3;(H,6,7). The molecule has 0 atom stereocenters. The molecule has 0 saturated carbocycles. The first-order chi connectivity index (χ1) is 9.92. The van der Waals surface area contributed by atoms with Crippen molar-refractivity contribution in [3.63, 3.8) is 0 Å². The molecule has 0 rings (SSSR count). The molecule has 4 nitrogen and oxygen atoms in total. The lowest BCUT2D eigenvalue weighted by atomic mass is 10.1. The first-order valence-electron chi connectivity index (χ1n) is 6.47. The zero-order valence-corrected chi connectivity index (χ0v) is 11.9. The van der Waals surface area contributed by atoms with Crippen molar-refractivity contribution in [2.75, 3.05) is 6.61 Å². The Balaban J connectivity index is 0. The lowest BCUT2D eigenvalue weighted by molar-refractivity contribution is -0.199. The van der Waals surface area contributed by atoms with Crippen LogP contribution in [0.1, 0.15) is 45.4 Å². The highest BCUT2D eigenvalue weighted by Crippen LogP contribution is 2.16. The molecule has 0 unspecified atom stereocenters. The third kappa shape index (κ3) is 14.9. The molecule has 10 heteroatoms. The highest BCUT2D eigenvalue weighted by molar-refractivity contribution is 5.75. The summed E-state index contributed by atoms with van der Waals surface area (Å²) in [5.41, 5.74) is 0. The largest absolute Gasteiger partial charge is 0.490 e. The monoisotopic (exact) mass is 340 g/mol. The average molecular weight is 340 g/mol. The highest BCUT2D eigenvalue weighted by atomic mass is 19.4. The Morgan fingerprint density at radius 1 is 0.864 bits per heavy atom. The number of rotatable bonds is 7. The van der Waals surface area contributed by atoms with E-state index in [1.54, 1.807) is 0 Å². The SMILES string of the molecule is CCCCCCCCOC(=O)C(F)(F)F.O=C(O)C(F)(F)F. The predicted octanol–water partition coefficient (Wildman–Crippen LogP) is 4.09. The maximum absolute atomic E-state index is 11.7. The molecular formula is C12H18F6O4. The van der Waals surface area contributed by atoms with E-state index in [9.17, 15) is 31.1 Å². The van der Waals surface area contributed by atoms with Crippen molar-refractivity contribution >= 4 is 11.9 Å². The number of carbonyl (C=O) groups is 2. The van der Waals surface area contributed by atoms with Gasteiger partial charge < -0.3 is 9.84 Å². The van der Waals surface area contributed by atoms with Gasteiger partial charge in [-0.1, -0.05) is 39.0 Å². The van der Waals surface area contributed by atoms with Crippen LogP contribution < -0.4 is 0 Å². The summed E-state index contributed by atoms with van der Waals surface area (Å²) < 4.78 is 70.7. The van der Waals surface area contributed by atoms with E-state index in [-0.39, 0.29) is 6.61 Å². The Labute approximate surface area is 123 Å². The smallest absolute Gasteiger partial charge is 0.475 e. The fourth-order valence-corrected chi connectivity index (χ4v) is 1.13. The summed E-state index contributed by atoms with van der Waals surface area (Å²) in [6.45, 7) is 1.95. The summed E-state index contributed by atoms with van der Waals surface area (Å²) in [6.07, 6.45) is -4.29. The molecule has 0 aliphatic carbocycles. The van der Waals surface area contributed by atoms with Crippen LogP contribution in [-0.4, -0.2) is 36.0 Å². The first-order valence-corrected chi connectivity index (χ1v) is 6.47. The van der Waals surface area contributed by atoms with E-state index >= 15 is 0 Å². The number of hydrogen-bond acceptors (Lipinski definition) is 3. The minimum Gasteiger partial charge on any atom is -0.475 e. The van der Waals surface area contributed by atoms with Gasteiger partial charge in [0.1, 0.15) is 0 Å². The van der Waals surface area contributed by atoms with E-state index in [2.05, 4.69) is 11.7 Å². The molecule has 22 heavy (non-hydrogen) atoms. The summed E-state index contributed by atoms with van der Waals surface area (Å²) in [6, 6.07) is 0. The number of esters is 1. The molecular weight excluding hydrogens is 322 g/mol. The minimum atomic E-state index is -5.08. The van der Waals surface area contributed by atoms with Crippen molar-refractivity contribution in [1.29, 1.82) is 0 Å². The van der Waals surface area contributed by atoms with E-state index in [4.69, 9.17) is 9.90 Å². The van der Waals surface area contributed by atoms with Crippen LogP contribution in [0.25, 0.3) is 0 Å².